The van der Waals surface area contributed by atoms with Crippen molar-refractivity contribution in [2.24, 2.45) is 0 Å². The van der Waals surface area contributed by atoms with E-state index < -0.39 is 17.9 Å². The van der Waals surface area contributed by atoms with E-state index in [1.54, 1.807) is 0 Å². The van der Waals surface area contributed by atoms with Crippen LogP contribution in [-0.2, 0) is 23.9 Å². The van der Waals surface area contributed by atoms with Gasteiger partial charge < -0.3 is 14.6 Å². The lowest BCUT2D eigenvalue weighted by Gasteiger charge is -2.17. The second-order valence-corrected chi connectivity index (χ2v) is 4.31. The zero-order chi connectivity index (χ0) is 15.4. The second kappa shape index (κ2) is 11.0. The molecule has 0 aliphatic heterocycles. The maximum absolute atomic E-state index is 11.4. The van der Waals surface area contributed by atoms with Crippen molar-refractivity contribution in [3.8, 4) is 0 Å². The van der Waals surface area contributed by atoms with Crippen LogP contribution < -0.4 is 0 Å². The van der Waals surface area contributed by atoms with Crippen molar-refractivity contribution in [2.45, 2.75) is 51.6 Å². The largest absolute Gasteiger partial charge is 0.481 e. The van der Waals surface area contributed by atoms with Crippen molar-refractivity contribution in [3.63, 3.8) is 0 Å². The predicted octanol–water partition coefficient (Wildman–Crippen LogP) is 2.07. The molecule has 0 amide bonds. The van der Waals surface area contributed by atoms with Gasteiger partial charge >= 0.3 is 17.9 Å². The first-order valence-corrected chi connectivity index (χ1v) is 6.70. The van der Waals surface area contributed by atoms with Gasteiger partial charge in [-0.1, -0.05) is 19.9 Å². The van der Waals surface area contributed by atoms with Crippen molar-refractivity contribution in [2.75, 3.05) is 6.61 Å². The lowest BCUT2D eigenvalue weighted by Crippen LogP contribution is -2.19. The minimum atomic E-state index is -1.02. The fourth-order valence-corrected chi connectivity index (χ4v) is 1.58. The number of ether oxygens (including phenoxy) is 2. The van der Waals surface area contributed by atoms with E-state index in [2.05, 4.69) is 6.58 Å². The molecule has 6 heteroatoms. The van der Waals surface area contributed by atoms with Gasteiger partial charge in [0.15, 0.2) is 0 Å². The van der Waals surface area contributed by atoms with E-state index in [-0.39, 0.29) is 25.6 Å². The molecule has 0 bridgehead atoms. The average molecular weight is 286 g/mol. The molecule has 1 N–H and O–H groups in total. The molecule has 0 radical (unpaired) electrons. The van der Waals surface area contributed by atoms with Crippen LogP contribution in [0.15, 0.2) is 12.7 Å². The summed E-state index contributed by atoms with van der Waals surface area (Å²) in [5.41, 5.74) is 0. The molecule has 0 aromatic rings. The van der Waals surface area contributed by atoms with Crippen molar-refractivity contribution in [1.29, 1.82) is 0 Å². The summed E-state index contributed by atoms with van der Waals surface area (Å²) in [7, 11) is 0. The van der Waals surface area contributed by atoms with Crippen LogP contribution >= 0.6 is 0 Å². The molecular weight excluding hydrogens is 264 g/mol. The van der Waals surface area contributed by atoms with Crippen molar-refractivity contribution >= 4 is 17.9 Å². The van der Waals surface area contributed by atoms with Gasteiger partial charge in [-0.05, 0) is 19.3 Å². The molecule has 0 rings (SSSR count). The average Bonchev–Trinajstić information content (AvgIpc) is 2.41. The van der Waals surface area contributed by atoms with Gasteiger partial charge in [0, 0.05) is 6.08 Å². The van der Waals surface area contributed by atoms with E-state index in [0.717, 1.165) is 12.5 Å². The molecule has 6 nitrogen and oxygen atoms in total. The minimum absolute atomic E-state index is 0.124. The van der Waals surface area contributed by atoms with E-state index in [0.29, 0.717) is 19.3 Å². The summed E-state index contributed by atoms with van der Waals surface area (Å²) >= 11 is 0. The van der Waals surface area contributed by atoms with Gasteiger partial charge in [-0.25, -0.2) is 4.79 Å². The number of hydrogen-bond acceptors (Lipinski definition) is 5. The molecule has 114 valence electrons. The van der Waals surface area contributed by atoms with Crippen LogP contribution in [0.2, 0.25) is 0 Å². The minimum Gasteiger partial charge on any atom is -0.481 e. The number of esters is 2. The van der Waals surface area contributed by atoms with E-state index in [4.69, 9.17) is 14.6 Å². The zero-order valence-electron chi connectivity index (χ0n) is 11.8. The molecule has 0 saturated carbocycles. The van der Waals surface area contributed by atoms with Crippen LogP contribution in [0.5, 0.6) is 0 Å². The normalized spacial score (nSPS) is 11.4. The van der Waals surface area contributed by atoms with Gasteiger partial charge in [-0.2, -0.15) is 0 Å². The lowest BCUT2D eigenvalue weighted by molar-refractivity contribution is -0.153. The predicted molar refractivity (Wildman–Crippen MR) is 72.0 cm³/mol. The second-order valence-electron chi connectivity index (χ2n) is 4.31. The third kappa shape index (κ3) is 10.1. The third-order valence-electron chi connectivity index (χ3n) is 2.53. The molecule has 0 fully saturated rings. The summed E-state index contributed by atoms with van der Waals surface area (Å²) < 4.78 is 10.0. The number of hydrogen-bond donors (Lipinski definition) is 1. The highest BCUT2D eigenvalue weighted by Crippen LogP contribution is 2.11. The van der Waals surface area contributed by atoms with Gasteiger partial charge in [0.2, 0.25) is 0 Å². The molecule has 20 heavy (non-hydrogen) atoms. The van der Waals surface area contributed by atoms with Crippen LogP contribution in [0.25, 0.3) is 0 Å². The Kier molecular flexibility index (Phi) is 10.00. The number of carboxylic acids is 1. The molecule has 0 aliphatic rings. The first-order chi connectivity index (χ1) is 9.49. The fourth-order valence-electron chi connectivity index (χ4n) is 1.58. The maximum Gasteiger partial charge on any atom is 0.330 e. The van der Waals surface area contributed by atoms with Crippen molar-refractivity contribution < 1.29 is 29.0 Å². The maximum atomic E-state index is 11.4. The van der Waals surface area contributed by atoms with Crippen LogP contribution in [0.4, 0.5) is 0 Å². The highest BCUT2D eigenvalue weighted by atomic mass is 16.5. The molecule has 1 unspecified atom stereocenters. The number of aliphatic carboxylic acids is 1. The van der Waals surface area contributed by atoms with Crippen molar-refractivity contribution in [3.05, 3.63) is 12.7 Å². The molecule has 0 saturated heterocycles. The van der Waals surface area contributed by atoms with E-state index in [9.17, 15) is 14.4 Å². The molecule has 1 atom stereocenters. The molecule has 0 spiro atoms. The van der Waals surface area contributed by atoms with Gasteiger partial charge in [0.05, 0.1) is 19.4 Å². The zero-order valence-corrected chi connectivity index (χ0v) is 11.8. The third-order valence-corrected chi connectivity index (χ3v) is 2.53. The summed E-state index contributed by atoms with van der Waals surface area (Å²) in [4.78, 5) is 32.6. The van der Waals surface area contributed by atoms with Gasteiger partial charge in [-0.3, -0.25) is 9.59 Å². The molecule has 0 heterocycles. The first-order valence-electron chi connectivity index (χ1n) is 6.70. The van der Waals surface area contributed by atoms with E-state index in [1.165, 1.54) is 0 Å². The number of carbonyl (C=O) groups excluding carboxylic acids is 2. The van der Waals surface area contributed by atoms with Gasteiger partial charge in [0.25, 0.3) is 0 Å². The molecular formula is C14H22O6. The summed E-state index contributed by atoms with van der Waals surface area (Å²) in [6.45, 7) is 5.50. The van der Waals surface area contributed by atoms with Gasteiger partial charge in [0.1, 0.15) is 6.10 Å². The highest BCUT2D eigenvalue weighted by molar-refractivity contribution is 5.81. The Morgan fingerprint density at radius 3 is 2.50 bits per heavy atom. The molecule has 0 aliphatic carbocycles. The smallest absolute Gasteiger partial charge is 0.330 e. The van der Waals surface area contributed by atoms with Crippen LogP contribution in [-0.4, -0.2) is 35.7 Å². The Labute approximate surface area is 118 Å². The SMILES string of the molecule is C=CC(=O)OCCCC(CCC)OC(=O)CCC(=O)O. The number of carbonyl (C=O) groups is 3. The lowest BCUT2D eigenvalue weighted by atomic mass is 10.1. The Balaban J connectivity index is 3.96. The summed E-state index contributed by atoms with van der Waals surface area (Å²) in [5.74, 6) is -2.00. The van der Waals surface area contributed by atoms with Gasteiger partial charge in [-0.15, -0.1) is 0 Å². The monoisotopic (exact) mass is 286 g/mol. The standard InChI is InChI=1S/C14H22O6/c1-3-6-11(7-5-10-19-13(17)4-2)20-14(18)9-8-12(15)16/h4,11H,2-3,5-10H2,1H3,(H,15,16). The van der Waals surface area contributed by atoms with Crippen LogP contribution in [0.1, 0.15) is 45.4 Å². The first kappa shape index (κ1) is 18.1. The molecule has 0 aromatic carbocycles. The summed E-state index contributed by atoms with van der Waals surface area (Å²) in [6.07, 6.45) is 3.19. The fraction of sp³-hybridized carbons (Fsp3) is 0.643. The van der Waals surface area contributed by atoms with Crippen LogP contribution in [0.3, 0.4) is 0 Å². The number of rotatable bonds is 11. The highest BCUT2D eigenvalue weighted by Gasteiger charge is 2.14. The Bertz CT molecular complexity index is 337. The summed E-state index contributed by atoms with van der Waals surface area (Å²) in [5, 5.41) is 8.48. The quantitative estimate of drug-likeness (QED) is 0.355. The van der Waals surface area contributed by atoms with Crippen molar-refractivity contribution in [1.82, 2.24) is 0 Å². The molecule has 0 aromatic heterocycles. The Hall–Kier alpha value is -1.85. The van der Waals surface area contributed by atoms with E-state index >= 15 is 0 Å². The number of carboxylic acid groups (broad SMARTS) is 1. The van der Waals surface area contributed by atoms with Crippen LogP contribution in [0, 0.1) is 0 Å². The topological polar surface area (TPSA) is 89.9 Å². The van der Waals surface area contributed by atoms with E-state index in [1.807, 2.05) is 6.92 Å². The summed E-state index contributed by atoms with van der Waals surface area (Å²) in [6, 6.07) is 0. The Morgan fingerprint density at radius 2 is 1.95 bits per heavy atom. The Morgan fingerprint density at radius 1 is 1.25 bits per heavy atom.